The molecule has 0 atom stereocenters. The summed E-state index contributed by atoms with van der Waals surface area (Å²) >= 11 is 0. The summed E-state index contributed by atoms with van der Waals surface area (Å²) in [5, 5.41) is 3.56. The molecule has 134 valence electrons. The van der Waals surface area contributed by atoms with Gasteiger partial charge in [-0.25, -0.2) is 4.98 Å². The molecule has 2 rings (SSSR count). The van der Waals surface area contributed by atoms with E-state index in [0.717, 1.165) is 43.7 Å². The van der Waals surface area contributed by atoms with Gasteiger partial charge in [0.25, 0.3) is 0 Å². The number of piperidine rings is 1. The zero-order valence-electron chi connectivity index (χ0n) is 15.2. The SMILES string of the molecule is COCC(=O)N1CCC(NCc2ccc(C(C)C)nc2OC)CC1. The molecule has 1 saturated heterocycles. The number of rotatable bonds is 7. The van der Waals surface area contributed by atoms with Crippen LogP contribution in [-0.4, -0.2) is 55.7 Å². The predicted molar refractivity (Wildman–Crippen MR) is 93.2 cm³/mol. The molecule has 0 aromatic carbocycles. The highest BCUT2D eigenvalue weighted by Gasteiger charge is 2.22. The number of aromatic nitrogens is 1. The Morgan fingerprint density at radius 2 is 2.04 bits per heavy atom. The molecule has 1 aromatic heterocycles. The number of likely N-dealkylation sites (tertiary alicyclic amines) is 1. The highest BCUT2D eigenvalue weighted by Crippen LogP contribution is 2.21. The van der Waals surface area contributed by atoms with Gasteiger partial charge in [-0.3, -0.25) is 4.79 Å². The first-order chi connectivity index (χ1) is 11.5. The summed E-state index contributed by atoms with van der Waals surface area (Å²) in [6, 6.07) is 4.56. The van der Waals surface area contributed by atoms with Crippen LogP contribution in [0.5, 0.6) is 5.88 Å². The lowest BCUT2D eigenvalue weighted by atomic mass is 10.0. The number of nitrogens with zero attached hydrogens (tertiary/aromatic N) is 2. The van der Waals surface area contributed by atoms with Gasteiger partial charge in [0.15, 0.2) is 0 Å². The van der Waals surface area contributed by atoms with Gasteiger partial charge in [-0.2, -0.15) is 0 Å². The maximum atomic E-state index is 11.8. The van der Waals surface area contributed by atoms with E-state index in [1.807, 2.05) is 4.90 Å². The van der Waals surface area contributed by atoms with Gasteiger partial charge in [0, 0.05) is 44.0 Å². The Labute approximate surface area is 144 Å². The van der Waals surface area contributed by atoms with Gasteiger partial charge >= 0.3 is 0 Å². The Morgan fingerprint density at radius 1 is 1.33 bits per heavy atom. The number of hydrogen-bond donors (Lipinski definition) is 1. The van der Waals surface area contributed by atoms with Crippen molar-refractivity contribution < 1.29 is 14.3 Å². The van der Waals surface area contributed by atoms with Crippen molar-refractivity contribution in [3.63, 3.8) is 0 Å². The van der Waals surface area contributed by atoms with Gasteiger partial charge < -0.3 is 19.7 Å². The van der Waals surface area contributed by atoms with Crippen molar-refractivity contribution in [1.29, 1.82) is 0 Å². The minimum atomic E-state index is 0.0751. The molecule has 0 radical (unpaired) electrons. The Balaban J connectivity index is 1.85. The monoisotopic (exact) mass is 335 g/mol. The van der Waals surface area contributed by atoms with Crippen LogP contribution in [0.25, 0.3) is 0 Å². The molecule has 2 heterocycles. The lowest BCUT2D eigenvalue weighted by molar-refractivity contribution is -0.136. The van der Waals surface area contributed by atoms with Crippen molar-refractivity contribution in [1.82, 2.24) is 15.2 Å². The fraction of sp³-hybridized carbons (Fsp3) is 0.667. The third-order valence-electron chi connectivity index (χ3n) is 4.44. The van der Waals surface area contributed by atoms with E-state index in [-0.39, 0.29) is 12.5 Å². The summed E-state index contributed by atoms with van der Waals surface area (Å²) in [4.78, 5) is 18.3. The molecule has 1 aliphatic heterocycles. The Kier molecular flexibility index (Phi) is 6.99. The fourth-order valence-electron chi connectivity index (χ4n) is 2.92. The molecule has 0 bridgehead atoms. The molecule has 6 heteroatoms. The van der Waals surface area contributed by atoms with E-state index in [0.29, 0.717) is 17.8 Å². The smallest absolute Gasteiger partial charge is 0.248 e. The number of methoxy groups -OCH3 is 2. The molecule has 0 spiro atoms. The largest absolute Gasteiger partial charge is 0.481 e. The third kappa shape index (κ3) is 4.92. The standard InChI is InChI=1S/C18H29N3O3/c1-13(2)16-6-5-14(18(20-16)24-4)11-19-15-7-9-21(10-8-15)17(22)12-23-3/h5-6,13,15,19H,7-12H2,1-4H3. The second-order valence-corrected chi connectivity index (χ2v) is 6.53. The van der Waals surface area contributed by atoms with Gasteiger partial charge in [0.1, 0.15) is 6.61 Å². The van der Waals surface area contributed by atoms with Crippen molar-refractivity contribution >= 4 is 5.91 Å². The molecule has 24 heavy (non-hydrogen) atoms. The minimum Gasteiger partial charge on any atom is -0.481 e. The van der Waals surface area contributed by atoms with E-state index in [9.17, 15) is 4.79 Å². The molecule has 1 aromatic rings. The summed E-state index contributed by atoms with van der Waals surface area (Å²) < 4.78 is 10.3. The van der Waals surface area contributed by atoms with E-state index in [1.54, 1.807) is 14.2 Å². The summed E-state index contributed by atoms with van der Waals surface area (Å²) in [6.07, 6.45) is 1.91. The maximum absolute atomic E-state index is 11.8. The number of ether oxygens (including phenoxy) is 2. The Morgan fingerprint density at radius 3 is 2.62 bits per heavy atom. The van der Waals surface area contributed by atoms with Crippen molar-refractivity contribution in [2.45, 2.75) is 45.2 Å². The summed E-state index contributed by atoms with van der Waals surface area (Å²) in [6.45, 7) is 6.70. The Hall–Kier alpha value is -1.66. The van der Waals surface area contributed by atoms with Crippen LogP contribution in [-0.2, 0) is 16.1 Å². The fourth-order valence-corrected chi connectivity index (χ4v) is 2.92. The number of carbonyl (C=O) groups excluding carboxylic acids is 1. The molecule has 0 saturated carbocycles. The van der Waals surface area contributed by atoms with Crippen molar-refractivity contribution in [2.75, 3.05) is 33.9 Å². The van der Waals surface area contributed by atoms with Crippen LogP contribution in [0, 0.1) is 0 Å². The molecular weight excluding hydrogens is 306 g/mol. The molecule has 1 amide bonds. The minimum absolute atomic E-state index is 0.0751. The van der Waals surface area contributed by atoms with Gasteiger partial charge in [-0.15, -0.1) is 0 Å². The average molecular weight is 335 g/mol. The van der Waals surface area contributed by atoms with Crippen LogP contribution in [0.2, 0.25) is 0 Å². The first-order valence-electron chi connectivity index (χ1n) is 8.59. The van der Waals surface area contributed by atoms with E-state index in [2.05, 4.69) is 36.3 Å². The van der Waals surface area contributed by atoms with Crippen LogP contribution < -0.4 is 10.1 Å². The zero-order valence-corrected chi connectivity index (χ0v) is 15.2. The topological polar surface area (TPSA) is 63.7 Å². The van der Waals surface area contributed by atoms with Crippen LogP contribution in [0.15, 0.2) is 12.1 Å². The number of pyridine rings is 1. The number of amides is 1. The third-order valence-corrected chi connectivity index (χ3v) is 4.44. The summed E-state index contributed by atoms with van der Waals surface area (Å²) in [5.74, 6) is 1.15. The first kappa shape index (κ1) is 18.7. The van der Waals surface area contributed by atoms with Crippen molar-refractivity contribution in [3.05, 3.63) is 23.4 Å². The number of hydrogen-bond acceptors (Lipinski definition) is 5. The molecule has 0 unspecified atom stereocenters. The summed E-state index contributed by atoms with van der Waals surface area (Å²) in [5.41, 5.74) is 2.11. The van der Waals surface area contributed by atoms with Gasteiger partial charge in [0.05, 0.1) is 7.11 Å². The molecule has 1 N–H and O–H groups in total. The summed E-state index contributed by atoms with van der Waals surface area (Å²) in [7, 11) is 3.22. The highest BCUT2D eigenvalue weighted by atomic mass is 16.5. The van der Waals surface area contributed by atoms with Crippen LogP contribution in [0.4, 0.5) is 0 Å². The average Bonchev–Trinajstić information content (AvgIpc) is 2.60. The molecular formula is C18H29N3O3. The number of nitrogens with one attached hydrogen (secondary N) is 1. The van der Waals surface area contributed by atoms with Crippen molar-refractivity contribution in [2.24, 2.45) is 0 Å². The highest BCUT2D eigenvalue weighted by molar-refractivity contribution is 5.77. The normalized spacial score (nSPS) is 15.8. The molecule has 0 aliphatic carbocycles. The lowest BCUT2D eigenvalue weighted by Crippen LogP contribution is -2.45. The predicted octanol–water partition coefficient (Wildman–Crippen LogP) is 1.94. The van der Waals surface area contributed by atoms with Crippen molar-refractivity contribution in [3.8, 4) is 5.88 Å². The lowest BCUT2D eigenvalue weighted by Gasteiger charge is -2.32. The van der Waals surface area contributed by atoms with E-state index in [4.69, 9.17) is 9.47 Å². The maximum Gasteiger partial charge on any atom is 0.248 e. The van der Waals surface area contributed by atoms with Crippen LogP contribution in [0.3, 0.4) is 0 Å². The second-order valence-electron chi connectivity index (χ2n) is 6.53. The first-order valence-corrected chi connectivity index (χ1v) is 8.59. The Bertz CT molecular complexity index is 540. The quantitative estimate of drug-likeness (QED) is 0.825. The molecule has 6 nitrogen and oxygen atoms in total. The van der Waals surface area contributed by atoms with Crippen LogP contribution in [0.1, 0.15) is 43.9 Å². The van der Waals surface area contributed by atoms with E-state index >= 15 is 0 Å². The van der Waals surface area contributed by atoms with Crippen LogP contribution >= 0.6 is 0 Å². The van der Waals surface area contributed by atoms with E-state index in [1.165, 1.54) is 0 Å². The van der Waals surface area contributed by atoms with E-state index < -0.39 is 0 Å². The van der Waals surface area contributed by atoms with Gasteiger partial charge in [0.2, 0.25) is 11.8 Å². The zero-order chi connectivity index (χ0) is 17.5. The van der Waals surface area contributed by atoms with Gasteiger partial charge in [-0.05, 0) is 24.8 Å². The van der Waals surface area contributed by atoms with Gasteiger partial charge in [-0.1, -0.05) is 19.9 Å². The second kappa shape index (κ2) is 8.99. The molecule has 1 fully saturated rings. The molecule has 1 aliphatic rings. The number of carbonyl (C=O) groups is 1.